The quantitative estimate of drug-likeness (QED) is 0.455. The summed E-state index contributed by atoms with van der Waals surface area (Å²) >= 11 is 0. The minimum atomic E-state index is -3.73. The van der Waals surface area contributed by atoms with Gasteiger partial charge < -0.3 is 10.1 Å². The van der Waals surface area contributed by atoms with Crippen LogP contribution in [-0.2, 0) is 27.1 Å². The smallest absolute Gasteiger partial charge is 0.263 e. The molecule has 0 saturated heterocycles. The van der Waals surface area contributed by atoms with Gasteiger partial charge in [0.25, 0.3) is 5.91 Å². The Morgan fingerprint density at radius 3 is 2.38 bits per heavy atom. The van der Waals surface area contributed by atoms with Crippen molar-refractivity contribution in [1.82, 2.24) is 5.32 Å². The fourth-order valence-corrected chi connectivity index (χ4v) is 5.70. The van der Waals surface area contributed by atoms with Crippen molar-refractivity contribution in [2.24, 2.45) is 0 Å². The average Bonchev–Trinajstić information content (AvgIpc) is 2.86. The normalized spacial score (nSPS) is 15.4. The largest absolute Gasteiger partial charge is 0.476 e. The molecule has 1 aliphatic rings. The minimum Gasteiger partial charge on any atom is -0.476 e. The van der Waals surface area contributed by atoms with E-state index in [-0.39, 0.29) is 18.2 Å². The molecule has 1 aliphatic heterocycles. The number of amides is 1. The molecule has 0 unspecified atom stereocenters. The molecule has 0 aliphatic carbocycles. The Hall–Kier alpha value is -3.84. The van der Waals surface area contributed by atoms with Crippen LogP contribution in [0.25, 0.3) is 10.8 Å². The van der Waals surface area contributed by atoms with Crippen LogP contribution in [0.4, 0.5) is 5.69 Å². The van der Waals surface area contributed by atoms with E-state index in [1.54, 1.807) is 48.5 Å². The predicted octanol–water partition coefficient (Wildman–Crippen LogP) is 4.25. The highest BCUT2D eigenvalue weighted by molar-refractivity contribution is 7.92. The van der Waals surface area contributed by atoms with Crippen molar-refractivity contribution in [3.8, 4) is 5.75 Å². The summed E-state index contributed by atoms with van der Waals surface area (Å²) in [5.41, 5.74) is 2.08. The number of hydrogen-bond donors (Lipinski definition) is 1. The van der Waals surface area contributed by atoms with E-state index in [4.69, 9.17) is 4.74 Å². The summed E-state index contributed by atoms with van der Waals surface area (Å²) in [6.07, 6.45) is -0.957. The number of carbonyl (C=O) groups excluding carboxylic acids is 1. The molecular weight excluding hydrogens is 448 g/mol. The Kier molecular flexibility index (Phi) is 5.94. The molecule has 0 bridgehead atoms. The number of anilines is 1. The molecule has 0 saturated carbocycles. The molecule has 0 aromatic heterocycles. The lowest BCUT2D eigenvalue weighted by Crippen LogP contribution is -2.50. The molecule has 7 heteroatoms. The van der Waals surface area contributed by atoms with Crippen LogP contribution < -0.4 is 14.4 Å². The van der Waals surface area contributed by atoms with Gasteiger partial charge in [0, 0.05) is 6.54 Å². The van der Waals surface area contributed by atoms with E-state index in [9.17, 15) is 13.2 Å². The molecule has 34 heavy (non-hydrogen) atoms. The highest BCUT2D eigenvalue weighted by Crippen LogP contribution is 2.35. The Morgan fingerprint density at radius 1 is 0.853 bits per heavy atom. The van der Waals surface area contributed by atoms with Crippen LogP contribution in [-0.4, -0.2) is 27.0 Å². The fourth-order valence-electron chi connectivity index (χ4n) is 4.12. The van der Waals surface area contributed by atoms with Gasteiger partial charge in [0.2, 0.25) is 10.0 Å². The summed E-state index contributed by atoms with van der Waals surface area (Å²) in [6, 6.07) is 29.9. The number of nitrogens with zero attached hydrogens (tertiary/aromatic N) is 1. The Bertz CT molecular complexity index is 1440. The van der Waals surface area contributed by atoms with Gasteiger partial charge in [0.05, 0.1) is 18.0 Å². The summed E-state index contributed by atoms with van der Waals surface area (Å²) in [4.78, 5) is 13.0. The molecule has 4 aromatic rings. The van der Waals surface area contributed by atoms with Crippen molar-refractivity contribution in [3.63, 3.8) is 0 Å². The second-order valence-electron chi connectivity index (χ2n) is 8.25. The first-order chi connectivity index (χ1) is 16.5. The van der Waals surface area contributed by atoms with E-state index in [0.29, 0.717) is 23.5 Å². The summed E-state index contributed by atoms with van der Waals surface area (Å²) in [5, 5.41) is 5.12. The maximum absolute atomic E-state index is 13.3. The van der Waals surface area contributed by atoms with Gasteiger partial charge in [-0.3, -0.25) is 9.10 Å². The number of hydrogen-bond acceptors (Lipinski definition) is 4. The SMILES string of the molecule is O=C(NCc1ccc2ccccc2c1)[C@@H]1CN(S(=O)(=O)Cc2ccccc2)c2ccccc2O1. The van der Waals surface area contributed by atoms with E-state index in [1.807, 2.05) is 48.5 Å². The standard InChI is InChI=1S/C27H24N2O4S/c30-27(28-17-21-14-15-22-10-4-5-11-23(22)16-21)26-18-29(24-12-6-7-13-25(24)33-26)34(31,32)19-20-8-2-1-3-9-20/h1-16,26H,17-19H2,(H,28,30)/t26-/m0/s1. The van der Waals surface area contributed by atoms with Crippen LogP contribution in [0.2, 0.25) is 0 Å². The third-order valence-electron chi connectivity index (χ3n) is 5.84. The van der Waals surface area contributed by atoms with Gasteiger partial charge in [-0.15, -0.1) is 0 Å². The molecule has 1 atom stereocenters. The Labute approximate surface area is 198 Å². The number of sulfonamides is 1. The zero-order valence-corrected chi connectivity index (χ0v) is 19.2. The maximum Gasteiger partial charge on any atom is 0.263 e. The Balaban J connectivity index is 1.34. The van der Waals surface area contributed by atoms with Crippen LogP contribution in [0.3, 0.4) is 0 Å². The highest BCUT2D eigenvalue weighted by atomic mass is 32.2. The molecule has 172 valence electrons. The van der Waals surface area contributed by atoms with E-state index in [1.165, 1.54) is 4.31 Å². The Morgan fingerprint density at radius 2 is 1.56 bits per heavy atom. The highest BCUT2D eigenvalue weighted by Gasteiger charge is 2.36. The van der Waals surface area contributed by atoms with Gasteiger partial charge in [0.1, 0.15) is 5.75 Å². The number of carbonyl (C=O) groups is 1. The lowest BCUT2D eigenvalue weighted by atomic mass is 10.1. The van der Waals surface area contributed by atoms with E-state index < -0.39 is 16.1 Å². The van der Waals surface area contributed by atoms with Crippen molar-refractivity contribution in [1.29, 1.82) is 0 Å². The lowest BCUT2D eigenvalue weighted by Gasteiger charge is -2.34. The van der Waals surface area contributed by atoms with E-state index >= 15 is 0 Å². The predicted molar refractivity (Wildman–Crippen MR) is 133 cm³/mol. The summed E-state index contributed by atoms with van der Waals surface area (Å²) in [6.45, 7) is 0.234. The fraction of sp³-hybridized carbons (Fsp3) is 0.148. The zero-order chi connectivity index (χ0) is 23.5. The molecule has 1 amide bonds. The summed E-state index contributed by atoms with van der Waals surface area (Å²) in [5.74, 6) is -0.146. The summed E-state index contributed by atoms with van der Waals surface area (Å²) < 4.78 is 33.9. The second-order valence-corrected chi connectivity index (χ2v) is 10.1. The molecule has 6 nitrogen and oxygen atoms in total. The third kappa shape index (κ3) is 4.61. The second kappa shape index (κ2) is 9.19. The van der Waals surface area contributed by atoms with Crippen molar-refractivity contribution < 1.29 is 17.9 Å². The number of rotatable bonds is 6. The van der Waals surface area contributed by atoms with Gasteiger partial charge in [-0.2, -0.15) is 0 Å². The number of para-hydroxylation sites is 2. The third-order valence-corrected chi connectivity index (χ3v) is 7.55. The van der Waals surface area contributed by atoms with Crippen molar-refractivity contribution in [2.75, 3.05) is 10.8 Å². The number of benzene rings is 4. The number of nitrogens with one attached hydrogen (secondary N) is 1. The molecule has 1 heterocycles. The van der Waals surface area contributed by atoms with Gasteiger partial charge in [-0.05, 0) is 40.1 Å². The first kappa shape index (κ1) is 22.0. The lowest BCUT2D eigenvalue weighted by molar-refractivity contribution is -0.127. The monoisotopic (exact) mass is 472 g/mol. The molecule has 5 rings (SSSR count). The van der Waals surface area contributed by atoms with Crippen molar-refractivity contribution in [2.45, 2.75) is 18.4 Å². The maximum atomic E-state index is 13.3. The van der Waals surface area contributed by atoms with Gasteiger partial charge >= 0.3 is 0 Å². The average molecular weight is 473 g/mol. The molecule has 0 spiro atoms. The van der Waals surface area contributed by atoms with E-state index in [2.05, 4.69) is 5.32 Å². The van der Waals surface area contributed by atoms with Crippen LogP contribution >= 0.6 is 0 Å². The van der Waals surface area contributed by atoms with Crippen molar-refractivity contribution >= 4 is 32.4 Å². The van der Waals surface area contributed by atoms with Crippen LogP contribution in [0, 0.1) is 0 Å². The number of ether oxygens (including phenoxy) is 1. The molecule has 1 N–H and O–H groups in total. The van der Waals surface area contributed by atoms with Crippen LogP contribution in [0.1, 0.15) is 11.1 Å². The summed E-state index contributed by atoms with van der Waals surface area (Å²) in [7, 11) is -3.73. The first-order valence-corrected chi connectivity index (χ1v) is 12.7. The number of fused-ring (bicyclic) bond motifs is 2. The van der Waals surface area contributed by atoms with Gasteiger partial charge in [-0.1, -0.05) is 78.9 Å². The van der Waals surface area contributed by atoms with Gasteiger partial charge in [-0.25, -0.2) is 8.42 Å². The topological polar surface area (TPSA) is 75.7 Å². The first-order valence-electron chi connectivity index (χ1n) is 11.0. The molecule has 0 radical (unpaired) electrons. The molecular formula is C27H24N2O4S. The molecule has 4 aromatic carbocycles. The molecule has 0 fully saturated rings. The van der Waals surface area contributed by atoms with Crippen molar-refractivity contribution in [3.05, 3.63) is 108 Å². The van der Waals surface area contributed by atoms with Crippen LogP contribution in [0.5, 0.6) is 5.75 Å². The van der Waals surface area contributed by atoms with E-state index in [0.717, 1.165) is 16.3 Å². The minimum absolute atomic E-state index is 0.0876. The van der Waals surface area contributed by atoms with Gasteiger partial charge in [0.15, 0.2) is 6.10 Å². The van der Waals surface area contributed by atoms with Crippen LogP contribution in [0.15, 0.2) is 97.1 Å². The zero-order valence-electron chi connectivity index (χ0n) is 18.4.